The smallest absolute Gasteiger partial charge is 0.324 e. The Hall–Kier alpha value is -1.18. The van der Waals surface area contributed by atoms with Gasteiger partial charge in [0.1, 0.15) is 5.90 Å². The van der Waals surface area contributed by atoms with E-state index in [0.29, 0.717) is 10.6 Å². The Balaban J connectivity index is 2.58. The first-order valence-corrected chi connectivity index (χ1v) is 9.36. The monoisotopic (exact) mass is 296 g/mol. The van der Waals surface area contributed by atoms with Crippen LogP contribution in [0.25, 0.3) is 0 Å². The molecule has 0 saturated heterocycles. The lowest BCUT2D eigenvalue weighted by molar-refractivity contribution is 0.378. The molecule has 0 atom stereocenters. The topological polar surface area (TPSA) is 74.6 Å². The van der Waals surface area contributed by atoms with Crippen LogP contribution in [0.1, 0.15) is 0 Å². The molecule has 0 aliphatic carbocycles. The van der Waals surface area contributed by atoms with Crippen LogP contribution < -0.4 is 10.6 Å². The van der Waals surface area contributed by atoms with Crippen LogP contribution in [-0.4, -0.2) is 15.7 Å². The van der Waals surface area contributed by atoms with Gasteiger partial charge in [-0.15, -0.1) is 0 Å². The van der Waals surface area contributed by atoms with Crippen molar-refractivity contribution in [2.75, 3.05) is 5.90 Å². The van der Waals surface area contributed by atoms with Gasteiger partial charge in [-0.05, 0) is 0 Å². The molecule has 0 heterocycles. The molecule has 2 N–H and O–H groups in total. The maximum absolute atomic E-state index is 13.1. The highest BCUT2D eigenvalue weighted by atomic mass is 31.2. The Morgan fingerprint density at radius 3 is 1.42 bits per heavy atom. The Labute approximate surface area is 111 Å². The zero-order valence-corrected chi connectivity index (χ0v) is 11.9. The summed E-state index contributed by atoms with van der Waals surface area (Å²) in [5, 5.41) is 0.925. The van der Waals surface area contributed by atoms with Crippen molar-refractivity contribution in [1.82, 2.24) is 0 Å². The van der Waals surface area contributed by atoms with Gasteiger partial charge in [-0.1, -0.05) is 60.7 Å². The van der Waals surface area contributed by atoms with Crippen molar-refractivity contribution < 1.29 is 18.9 Å². The van der Waals surface area contributed by atoms with Gasteiger partial charge in [-0.25, -0.2) is 0 Å². The van der Waals surface area contributed by atoms with Crippen molar-refractivity contribution in [2.45, 2.75) is 0 Å². The van der Waals surface area contributed by atoms with E-state index in [1.54, 1.807) is 60.7 Å². The van der Waals surface area contributed by atoms with Crippen molar-refractivity contribution in [3.05, 3.63) is 60.7 Å². The van der Waals surface area contributed by atoms with Crippen molar-refractivity contribution in [1.29, 1.82) is 0 Å². The second-order valence-corrected chi connectivity index (χ2v) is 9.19. The average molecular weight is 296 g/mol. The van der Waals surface area contributed by atoms with Crippen LogP contribution >= 0.6 is 14.7 Å². The molecule has 2 aromatic rings. The third kappa shape index (κ3) is 3.43. The van der Waals surface area contributed by atoms with E-state index < -0.39 is 20.6 Å². The van der Waals surface area contributed by atoms with Gasteiger partial charge in [-0.3, -0.25) is 4.57 Å². The van der Waals surface area contributed by atoms with E-state index in [9.17, 15) is 18.9 Å². The van der Waals surface area contributed by atoms with Crippen LogP contribution in [0.4, 0.5) is 0 Å². The van der Waals surface area contributed by atoms with E-state index in [1.807, 2.05) is 0 Å². The first kappa shape index (κ1) is 14.2. The highest BCUT2D eigenvalue weighted by Gasteiger charge is 2.34. The standard InChI is InChI=1S/C13H14O4P2/c14-18(11-19(15,16)17,12-7-3-1-4-8-12)13-9-5-2-6-10-13/h1-10H,11H2,(H2,15,16,17). The minimum atomic E-state index is -4.38. The number of benzene rings is 2. The lowest BCUT2D eigenvalue weighted by Gasteiger charge is -2.19. The van der Waals surface area contributed by atoms with Crippen LogP contribution in [0.2, 0.25) is 0 Å². The first-order chi connectivity index (χ1) is 8.92. The molecular weight excluding hydrogens is 282 g/mol. The maximum atomic E-state index is 13.1. The molecule has 0 aliphatic heterocycles. The zero-order valence-electron chi connectivity index (χ0n) is 10.1. The fraction of sp³-hybridized carbons (Fsp3) is 0.0769. The van der Waals surface area contributed by atoms with Crippen LogP contribution in [-0.2, 0) is 9.13 Å². The van der Waals surface area contributed by atoms with E-state index in [4.69, 9.17) is 0 Å². The summed E-state index contributed by atoms with van der Waals surface area (Å²) in [7, 11) is -7.69. The van der Waals surface area contributed by atoms with Crippen LogP contribution in [0, 0.1) is 0 Å². The van der Waals surface area contributed by atoms with Gasteiger partial charge in [0.15, 0.2) is 7.14 Å². The van der Waals surface area contributed by atoms with Gasteiger partial charge >= 0.3 is 7.60 Å². The summed E-state index contributed by atoms with van der Waals surface area (Å²) in [5.74, 6) is -0.645. The number of hydrogen-bond donors (Lipinski definition) is 2. The molecule has 0 radical (unpaired) electrons. The first-order valence-electron chi connectivity index (χ1n) is 5.67. The predicted molar refractivity (Wildman–Crippen MR) is 76.7 cm³/mol. The minimum Gasteiger partial charge on any atom is -0.324 e. The van der Waals surface area contributed by atoms with Crippen LogP contribution in [0.15, 0.2) is 60.7 Å². The molecule has 0 spiro atoms. The summed E-state index contributed by atoms with van der Waals surface area (Å²) in [6.45, 7) is 0. The Bertz CT molecular complexity index is 591. The Kier molecular flexibility index (Phi) is 4.07. The molecule has 0 fully saturated rings. The molecule has 0 aliphatic rings. The summed E-state index contributed by atoms with van der Waals surface area (Å²) in [6, 6.07) is 17.0. The molecule has 4 nitrogen and oxygen atoms in total. The highest BCUT2D eigenvalue weighted by Crippen LogP contribution is 2.55. The second kappa shape index (κ2) is 5.44. The molecule has 19 heavy (non-hydrogen) atoms. The molecule has 0 unspecified atom stereocenters. The summed E-state index contributed by atoms with van der Waals surface area (Å²) < 4.78 is 24.5. The SMILES string of the molecule is O=P(O)(O)CP(=O)(c1ccccc1)c1ccccc1. The summed E-state index contributed by atoms with van der Waals surface area (Å²) in [6.07, 6.45) is 0. The summed E-state index contributed by atoms with van der Waals surface area (Å²) in [4.78, 5) is 18.4. The van der Waals surface area contributed by atoms with Gasteiger partial charge in [-0.2, -0.15) is 0 Å². The molecule has 100 valence electrons. The van der Waals surface area contributed by atoms with E-state index >= 15 is 0 Å². The van der Waals surface area contributed by atoms with Crippen molar-refractivity contribution in [3.63, 3.8) is 0 Å². The number of hydrogen-bond acceptors (Lipinski definition) is 2. The normalized spacial score (nSPS) is 12.3. The molecule has 2 rings (SSSR count). The lowest BCUT2D eigenvalue weighted by Crippen LogP contribution is -2.18. The predicted octanol–water partition coefficient (Wildman–Crippen LogP) is 2.14. The van der Waals surface area contributed by atoms with Crippen molar-refractivity contribution in [2.24, 2.45) is 0 Å². The molecule has 2 aromatic carbocycles. The fourth-order valence-electron chi connectivity index (χ4n) is 1.91. The van der Waals surface area contributed by atoms with Gasteiger partial charge in [0, 0.05) is 10.6 Å². The lowest BCUT2D eigenvalue weighted by atomic mass is 10.4. The quantitative estimate of drug-likeness (QED) is 0.848. The third-order valence-corrected chi connectivity index (χ3v) is 8.06. The molecule has 0 saturated carbocycles. The van der Waals surface area contributed by atoms with Crippen LogP contribution in [0.3, 0.4) is 0 Å². The maximum Gasteiger partial charge on any atom is 0.333 e. The second-order valence-electron chi connectivity index (χ2n) is 4.22. The van der Waals surface area contributed by atoms with Crippen molar-refractivity contribution in [3.8, 4) is 0 Å². The Morgan fingerprint density at radius 1 is 0.737 bits per heavy atom. The fourth-order valence-corrected chi connectivity index (χ4v) is 6.90. The molecule has 6 heteroatoms. The minimum absolute atomic E-state index is 0.463. The molecule has 0 aromatic heterocycles. The third-order valence-electron chi connectivity index (χ3n) is 2.73. The van der Waals surface area contributed by atoms with E-state index in [-0.39, 0.29) is 0 Å². The van der Waals surface area contributed by atoms with Crippen LogP contribution in [0.5, 0.6) is 0 Å². The molecule has 0 amide bonds. The van der Waals surface area contributed by atoms with Gasteiger partial charge in [0.2, 0.25) is 0 Å². The van der Waals surface area contributed by atoms with E-state index in [0.717, 1.165) is 0 Å². The summed E-state index contributed by atoms with van der Waals surface area (Å²) in [5.41, 5.74) is 0. The summed E-state index contributed by atoms with van der Waals surface area (Å²) >= 11 is 0. The Morgan fingerprint density at radius 2 is 1.11 bits per heavy atom. The van der Waals surface area contributed by atoms with Gasteiger partial charge in [0.25, 0.3) is 0 Å². The number of rotatable bonds is 4. The molecular formula is C13H14O4P2. The van der Waals surface area contributed by atoms with E-state index in [1.165, 1.54) is 0 Å². The van der Waals surface area contributed by atoms with Crippen molar-refractivity contribution >= 4 is 25.3 Å². The van der Waals surface area contributed by atoms with E-state index in [2.05, 4.69) is 0 Å². The largest absolute Gasteiger partial charge is 0.333 e. The average Bonchev–Trinajstić information content (AvgIpc) is 2.39. The van der Waals surface area contributed by atoms with Gasteiger partial charge in [0.05, 0.1) is 0 Å². The molecule has 0 bridgehead atoms. The zero-order chi connectivity index (χ0) is 13.9. The van der Waals surface area contributed by atoms with Gasteiger partial charge < -0.3 is 14.4 Å². The highest BCUT2D eigenvalue weighted by molar-refractivity contribution is 7.86.